The molecule has 0 bridgehead atoms. The van der Waals surface area contributed by atoms with E-state index in [1.165, 1.54) is 6.42 Å². The number of hydrogen-bond donors (Lipinski definition) is 1. The van der Waals surface area contributed by atoms with Gasteiger partial charge in [-0.3, -0.25) is 10.2 Å². The topological polar surface area (TPSA) is 45.2 Å². The molecule has 0 spiro atoms. The van der Waals surface area contributed by atoms with Crippen molar-refractivity contribution in [2.24, 2.45) is 0 Å². The van der Waals surface area contributed by atoms with Crippen molar-refractivity contribution < 1.29 is 4.79 Å². The molecular formula is C17H18ClN3O. The van der Waals surface area contributed by atoms with Gasteiger partial charge in [0.1, 0.15) is 5.69 Å². The van der Waals surface area contributed by atoms with Gasteiger partial charge in [0, 0.05) is 23.7 Å². The molecule has 1 saturated heterocycles. The van der Waals surface area contributed by atoms with Crippen LogP contribution in [0.15, 0.2) is 42.5 Å². The van der Waals surface area contributed by atoms with Gasteiger partial charge in [0.05, 0.1) is 5.69 Å². The molecule has 22 heavy (non-hydrogen) atoms. The number of amides is 1. The minimum absolute atomic E-state index is 0.161. The Hall–Kier alpha value is -1.91. The largest absolute Gasteiger partial charge is 0.284 e. The summed E-state index contributed by atoms with van der Waals surface area (Å²) >= 11 is 6.01. The summed E-state index contributed by atoms with van der Waals surface area (Å²) in [6.45, 7) is 1.81. The minimum Gasteiger partial charge on any atom is -0.283 e. The summed E-state index contributed by atoms with van der Waals surface area (Å²) in [5, 5.41) is 2.63. The van der Waals surface area contributed by atoms with Gasteiger partial charge >= 0.3 is 0 Å². The van der Waals surface area contributed by atoms with E-state index in [4.69, 9.17) is 11.6 Å². The van der Waals surface area contributed by atoms with E-state index in [0.29, 0.717) is 10.7 Å². The Morgan fingerprint density at radius 1 is 1.09 bits per heavy atom. The first-order chi connectivity index (χ1) is 10.7. The molecule has 1 aromatic heterocycles. The summed E-state index contributed by atoms with van der Waals surface area (Å²) in [6, 6.07) is 12.9. The molecule has 1 aliphatic heterocycles. The van der Waals surface area contributed by atoms with Gasteiger partial charge in [-0.15, -0.1) is 0 Å². The Balaban J connectivity index is 1.77. The lowest BCUT2D eigenvalue weighted by molar-refractivity contribution is 0.0745. The van der Waals surface area contributed by atoms with Crippen LogP contribution in [0.25, 0.3) is 11.3 Å². The molecule has 1 aromatic carbocycles. The second-order valence-electron chi connectivity index (χ2n) is 5.41. The third-order valence-electron chi connectivity index (χ3n) is 3.72. The molecule has 0 saturated carbocycles. The van der Waals surface area contributed by atoms with Crippen LogP contribution in [-0.2, 0) is 0 Å². The van der Waals surface area contributed by atoms with Crippen LogP contribution in [0.2, 0.25) is 5.02 Å². The number of benzene rings is 1. The van der Waals surface area contributed by atoms with Crippen molar-refractivity contribution in [3.8, 4) is 11.3 Å². The quantitative estimate of drug-likeness (QED) is 0.942. The molecule has 3 rings (SSSR count). The van der Waals surface area contributed by atoms with Crippen molar-refractivity contribution in [3.05, 3.63) is 53.2 Å². The van der Waals surface area contributed by atoms with Gasteiger partial charge < -0.3 is 0 Å². The molecule has 0 atom stereocenters. The van der Waals surface area contributed by atoms with Crippen molar-refractivity contribution in [2.45, 2.75) is 19.3 Å². The fraction of sp³-hybridized carbons (Fsp3) is 0.294. The van der Waals surface area contributed by atoms with Crippen LogP contribution in [-0.4, -0.2) is 29.0 Å². The second-order valence-corrected chi connectivity index (χ2v) is 5.84. The summed E-state index contributed by atoms with van der Waals surface area (Å²) in [5.41, 5.74) is 5.00. The first kappa shape index (κ1) is 15.0. The number of carbonyl (C=O) groups is 1. The van der Waals surface area contributed by atoms with E-state index < -0.39 is 0 Å². The molecule has 0 radical (unpaired) electrons. The van der Waals surface area contributed by atoms with Crippen LogP contribution in [0.5, 0.6) is 0 Å². The predicted octanol–water partition coefficient (Wildman–Crippen LogP) is 3.53. The monoisotopic (exact) mass is 315 g/mol. The van der Waals surface area contributed by atoms with E-state index in [1.807, 2.05) is 41.4 Å². The molecule has 1 aliphatic rings. The molecule has 114 valence electrons. The molecule has 1 N–H and O–H groups in total. The van der Waals surface area contributed by atoms with Gasteiger partial charge in [0.15, 0.2) is 0 Å². The Kier molecular flexibility index (Phi) is 4.71. The number of carbonyl (C=O) groups excluding carboxylic acids is 1. The summed E-state index contributed by atoms with van der Waals surface area (Å²) in [4.78, 5) is 16.8. The summed E-state index contributed by atoms with van der Waals surface area (Å²) in [7, 11) is 0. The van der Waals surface area contributed by atoms with Crippen LogP contribution >= 0.6 is 11.6 Å². The predicted molar refractivity (Wildman–Crippen MR) is 87.6 cm³/mol. The first-order valence-corrected chi connectivity index (χ1v) is 7.89. The number of piperidine rings is 1. The number of nitrogens with one attached hydrogen (secondary N) is 1. The zero-order valence-electron chi connectivity index (χ0n) is 12.3. The third kappa shape index (κ3) is 3.64. The molecular weight excluding hydrogens is 298 g/mol. The van der Waals surface area contributed by atoms with Gasteiger partial charge in [-0.2, -0.15) is 0 Å². The average Bonchev–Trinajstić information content (AvgIpc) is 2.56. The van der Waals surface area contributed by atoms with Crippen molar-refractivity contribution in [2.75, 3.05) is 13.1 Å². The fourth-order valence-corrected chi connectivity index (χ4v) is 2.77. The average molecular weight is 316 g/mol. The lowest BCUT2D eigenvalue weighted by Gasteiger charge is -2.26. The van der Waals surface area contributed by atoms with E-state index in [-0.39, 0.29) is 5.91 Å². The van der Waals surface area contributed by atoms with Gasteiger partial charge in [-0.1, -0.05) is 36.2 Å². The zero-order valence-corrected chi connectivity index (χ0v) is 13.0. The van der Waals surface area contributed by atoms with E-state index in [2.05, 4.69) is 10.4 Å². The maximum atomic E-state index is 12.3. The fourth-order valence-electron chi connectivity index (χ4n) is 2.58. The van der Waals surface area contributed by atoms with Crippen molar-refractivity contribution in [1.29, 1.82) is 0 Å². The third-order valence-corrected chi connectivity index (χ3v) is 3.95. The SMILES string of the molecule is O=C(NN1CCCCC1)c1cccc(-c2cccc(Cl)c2)n1. The van der Waals surface area contributed by atoms with Gasteiger partial charge in [0.25, 0.3) is 5.91 Å². The van der Waals surface area contributed by atoms with Crippen molar-refractivity contribution in [3.63, 3.8) is 0 Å². The number of nitrogens with zero attached hydrogens (tertiary/aromatic N) is 2. The highest BCUT2D eigenvalue weighted by atomic mass is 35.5. The van der Waals surface area contributed by atoms with Gasteiger partial charge in [0.2, 0.25) is 0 Å². The Labute approximate surface area is 135 Å². The van der Waals surface area contributed by atoms with Crippen molar-refractivity contribution in [1.82, 2.24) is 15.4 Å². The number of hydrazine groups is 1. The molecule has 0 unspecified atom stereocenters. The normalized spacial score (nSPS) is 15.5. The summed E-state index contributed by atoms with van der Waals surface area (Å²) < 4.78 is 0. The van der Waals surface area contributed by atoms with Crippen LogP contribution < -0.4 is 5.43 Å². The van der Waals surface area contributed by atoms with E-state index in [9.17, 15) is 4.79 Å². The lowest BCUT2D eigenvalue weighted by atomic mass is 10.1. The highest BCUT2D eigenvalue weighted by molar-refractivity contribution is 6.30. The van der Waals surface area contributed by atoms with Gasteiger partial charge in [-0.25, -0.2) is 9.99 Å². The van der Waals surface area contributed by atoms with Gasteiger partial charge in [-0.05, 0) is 37.1 Å². The van der Waals surface area contributed by atoms with Crippen molar-refractivity contribution >= 4 is 17.5 Å². The molecule has 2 aromatic rings. The minimum atomic E-state index is -0.161. The van der Waals surface area contributed by atoms with Crippen LogP contribution in [0, 0.1) is 0 Å². The zero-order chi connectivity index (χ0) is 15.4. The smallest absolute Gasteiger partial charge is 0.283 e. The molecule has 5 heteroatoms. The Morgan fingerprint density at radius 3 is 2.64 bits per heavy atom. The van der Waals surface area contributed by atoms with Crippen LogP contribution in [0.1, 0.15) is 29.8 Å². The number of hydrogen-bond acceptors (Lipinski definition) is 3. The summed E-state index contributed by atoms with van der Waals surface area (Å²) in [5.74, 6) is -0.161. The number of aromatic nitrogens is 1. The molecule has 1 fully saturated rings. The van der Waals surface area contributed by atoms with E-state index in [1.54, 1.807) is 6.07 Å². The lowest BCUT2D eigenvalue weighted by Crippen LogP contribution is -2.45. The number of halogens is 1. The number of rotatable bonds is 3. The maximum Gasteiger partial charge on any atom is 0.284 e. The molecule has 0 aliphatic carbocycles. The second kappa shape index (κ2) is 6.90. The highest BCUT2D eigenvalue weighted by Gasteiger charge is 2.15. The molecule has 4 nitrogen and oxygen atoms in total. The van der Waals surface area contributed by atoms with E-state index >= 15 is 0 Å². The summed E-state index contributed by atoms with van der Waals surface area (Å²) in [6.07, 6.45) is 3.47. The first-order valence-electron chi connectivity index (χ1n) is 7.51. The Bertz CT molecular complexity index is 668. The maximum absolute atomic E-state index is 12.3. The number of pyridine rings is 1. The Morgan fingerprint density at radius 2 is 1.86 bits per heavy atom. The molecule has 2 heterocycles. The highest BCUT2D eigenvalue weighted by Crippen LogP contribution is 2.21. The van der Waals surface area contributed by atoms with E-state index in [0.717, 1.165) is 37.2 Å². The van der Waals surface area contributed by atoms with Crippen LogP contribution in [0.3, 0.4) is 0 Å². The standard InChI is InChI=1S/C17H18ClN3O/c18-14-7-4-6-13(12-14)15-8-5-9-16(19-15)17(22)20-21-10-2-1-3-11-21/h4-9,12H,1-3,10-11H2,(H,20,22). The van der Waals surface area contributed by atoms with Crippen LogP contribution in [0.4, 0.5) is 0 Å². The molecule has 1 amide bonds.